The Balaban J connectivity index is 1.41. The molecule has 2 aliphatic heterocycles. The number of nitro groups is 1. The van der Waals surface area contributed by atoms with E-state index >= 15 is 0 Å². The van der Waals surface area contributed by atoms with E-state index in [0.717, 1.165) is 5.56 Å². The van der Waals surface area contributed by atoms with Gasteiger partial charge in [0.25, 0.3) is 11.6 Å². The molecule has 1 saturated heterocycles. The van der Waals surface area contributed by atoms with Crippen molar-refractivity contribution >= 4 is 23.5 Å². The van der Waals surface area contributed by atoms with E-state index in [9.17, 15) is 24.5 Å². The van der Waals surface area contributed by atoms with Crippen molar-refractivity contribution in [1.29, 1.82) is 0 Å². The zero-order valence-corrected chi connectivity index (χ0v) is 18.1. The average Bonchev–Trinajstić information content (AvgIpc) is 2.85. The smallest absolute Gasteiger partial charge is 0.362 e. The number of esters is 1. The normalized spacial score (nSPS) is 18.9. The van der Waals surface area contributed by atoms with E-state index in [1.165, 1.54) is 36.3 Å². The quantitative estimate of drug-likeness (QED) is 0.266. The van der Waals surface area contributed by atoms with E-state index in [1.807, 2.05) is 30.3 Å². The lowest BCUT2D eigenvalue weighted by Crippen LogP contribution is -2.73. The minimum absolute atomic E-state index is 0.0321. The number of hydrogen-bond acceptors (Lipinski definition) is 8. The molecular weight excluding hydrogens is 446 g/mol. The molecule has 0 radical (unpaired) electrons. The first-order valence-electron chi connectivity index (χ1n) is 10.4. The highest BCUT2D eigenvalue weighted by Gasteiger charge is 2.55. The topological polar surface area (TPSA) is 137 Å². The van der Waals surface area contributed by atoms with Crippen LogP contribution in [0.1, 0.15) is 11.1 Å². The Labute approximate surface area is 194 Å². The molecule has 4 rings (SSSR count). The summed E-state index contributed by atoms with van der Waals surface area (Å²) in [5.74, 6) is -1.82. The van der Waals surface area contributed by atoms with Crippen LogP contribution in [0.15, 0.2) is 66.2 Å². The van der Waals surface area contributed by atoms with Crippen LogP contribution in [0.4, 0.5) is 5.69 Å². The van der Waals surface area contributed by atoms with E-state index in [4.69, 9.17) is 14.2 Å². The molecule has 0 bridgehead atoms. The van der Waals surface area contributed by atoms with Gasteiger partial charge in [-0.1, -0.05) is 30.3 Å². The molecule has 0 aromatic heterocycles. The van der Waals surface area contributed by atoms with Crippen LogP contribution < -0.4 is 5.32 Å². The molecule has 1 fully saturated rings. The molecule has 2 amide bonds. The predicted molar refractivity (Wildman–Crippen MR) is 116 cm³/mol. The number of β-lactam (4-membered cyclic amide) rings is 1. The van der Waals surface area contributed by atoms with Crippen LogP contribution in [-0.4, -0.2) is 53.4 Å². The van der Waals surface area contributed by atoms with E-state index in [2.05, 4.69) is 5.32 Å². The Morgan fingerprint density at radius 2 is 1.85 bits per heavy atom. The van der Waals surface area contributed by atoms with Gasteiger partial charge in [-0.3, -0.25) is 24.6 Å². The number of methoxy groups -OCH3 is 1. The van der Waals surface area contributed by atoms with Crippen molar-refractivity contribution in [2.75, 3.05) is 13.7 Å². The fourth-order valence-electron chi connectivity index (χ4n) is 3.75. The molecule has 2 aromatic carbocycles. The third-order valence-electron chi connectivity index (χ3n) is 5.46. The summed E-state index contributed by atoms with van der Waals surface area (Å²) in [5.41, 5.74) is 1.04. The summed E-state index contributed by atoms with van der Waals surface area (Å²) in [5, 5.41) is 13.5. The number of amides is 2. The number of carbonyl (C=O) groups excluding carboxylic acids is 3. The fourth-order valence-corrected chi connectivity index (χ4v) is 3.75. The Bertz CT molecular complexity index is 1150. The molecule has 2 aliphatic rings. The summed E-state index contributed by atoms with van der Waals surface area (Å²) in [6.45, 7) is -0.147. The van der Waals surface area contributed by atoms with Gasteiger partial charge in [0.15, 0.2) is 0 Å². The molecule has 0 spiro atoms. The second-order valence-electron chi connectivity index (χ2n) is 7.63. The molecule has 11 heteroatoms. The fraction of sp³-hybridized carbons (Fsp3) is 0.261. The third kappa shape index (κ3) is 4.53. The zero-order chi connectivity index (χ0) is 24.2. The van der Waals surface area contributed by atoms with Gasteiger partial charge in [0, 0.05) is 12.1 Å². The Morgan fingerprint density at radius 1 is 1.15 bits per heavy atom. The number of nitrogens with one attached hydrogen (secondary N) is 1. The lowest BCUT2D eigenvalue weighted by atomic mass is 9.93. The van der Waals surface area contributed by atoms with Gasteiger partial charge in [-0.25, -0.2) is 4.79 Å². The second kappa shape index (κ2) is 9.61. The van der Waals surface area contributed by atoms with Crippen LogP contribution in [0.25, 0.3) is 0 Å². The first kappa shape index (κ1) is 22.8. The molecule has 2 heterocycles. The van der Waals surface area contributed by atoms with Crippen molar-refractivity contribution in [1.82, 2.24) is 10.2 Å². The zero-order valence-electron chi connectivity index (χ0n) is 18.1. The number of rotatable bonds is 8. The number of fused-ring (bicyclic) bond motifs is 1. The number of ether oxygens (including phenoxy) is 3. The molecular formula is C23H21N3O8. The third-order valence-corrected chi connectivity index (χ3v) is 5.46. The summed E-state index contributed by atoms with van der Waals surface area (Å²) >= 11 is 0. The van der Waals surface area contributed by atoms with Crippen LogP contribution in [0.3, 0.4) is 0 Å². The first-order chi connectivity index (χ1) is 16.4. The van der Waals surface area contributed by atoms with E-state index in [-0.39, 0.29) is 42.9 Å². The maximum absolute atomic E-state index is 12.8. The van der Waals surface area contributed by atoms with E-state index in [0.29, 0.717) is 5.56 Å². The molecule has 0 saturated carbocycles. The van der Waals surface area contributed by atoms with Gasteiger partial charge in [-0.2, -0.15) is 0 Å². The average molecular weight is 467 g/mol. The van der Waals surface area contributed by atoms with Crippen molar-refractivity contribution in [3.8, 4) is 0 Å². The molecule has 176 valence electrons. The summed E-state index contributed by atoms with van der Waals surface area (Å²) in [7, 11) is 1.29. The van der Waals surface area contributed by atoms with Gasteiger partial charge in [0.2, 0.25) is 11.6 Å². The summed E-state index contributed by atoms with van der Waals surface area (Å²) in [6.07, 6.45) is 0.113. The van der Waals surface area contributed by atoms with E-state index < -0.39 is 28.9 Å². The molecule has 0 aliphatic carbocycles. The van der Waals surface area contributed by atoms with Gasteiger partial charge < -0.3 is 19.5 Å². The lowest BCUT2D eigenvalue weighted by Gasteiger charge is -2.49. The monoisotopic (exact) mass is 467 g/mol. The minimum atomic E-state index is -0.859. The Hall–Kier alpha value is -4.41. The Kier molecular flexibility index (Phi) is 6.44. The van der Waals surface area contributed by atoms with Crippen molar-refractivity contribution in [2.45, 2.75) is 25.1 Å². The van der Waals surface area contributed by atoms with Crippen molar-refractivity contribution in [2.24, 2.45) is 0 Å². The summed E-state index contributed by atoms with van der Waals surface area (Å²) < 4.78 is 15.9. The number of hydrogen-bond donors (Lipinski definition) is 1. The van der Waals surface area contributed by atoms with Crippen LogP contribution in [0.2, 0.25) is 0 Å². The highest BCUT2D eigenvalue weighted by molar-refractivity contribution is 6.02. The largest absolute Gasteiger partial charge is 0.467 e. The van der Waals surface area contributed by atoms with Crippen molar-refractivity contribution in [3.05, 3.63) is 87.5 Å². The minimum Gasteiger partial charge on any atom is -0.467 e. The maximum Gasteiger partial charge on any atom is 0.362 e. The van der Waals surface area contributed by atoms with Gasteiger partial charge in [-0.05, 0) is 23.3 Å². The highest BCUT2D eigenvalue weighted by atomic mass is 16.7. The van der Waals surface area contributed by atoms with E-state index in [1.54, 1.807) is 0 Å². The van der Waals surface area contributed by atoms with Gasteiger partial charge >= 0.3 is 11.9 Å². The molecule has 2 atom stereocenters. The predicted octanol–water partition coefficient (Wildman–Crippen LogP) is 1.42. The highest BCUT2D eigenvalue weighted by Crippen LogP contribution is 2.33. The second-order valence-corrected chi connectivity index (χ2v) is 7.63. The number of nitro benzene ring substituents is 1. The van der Waals surface area contributed by atoms with Gasteiger partial charge in [-0.15, -0.1) is 0 Å². The van der Waals surface area contributed by atoms with Gasteiger partial charge in [0.05, 0.1) is 18.5 Å². The number of nitrogens with zero attached hydrogens (tertiary/aromatic N) is 2. The number of carbonyl (C=O) groups is 3. The van der Waals surface area contributed by atoms with Crippen LogP contribution in [-0.2, 0) is 41.6 Å². The van der Waals surface area contributed by atoms with Crippen LogP contribution >= 0.6 is 0 Å². The molecule has 34 heavy (non-hydrogen) atoms. The number of non-ortho nitro benzene ring substituents is 1. The standard InChI is InChI=1S/C23H21N3O8/c1-32-23-20(22(29)33-12-15-7-9-16(10-8-15)26(30)31)25-17(13-34-23)19(21(25)28)24-18(27)11-14-5-3-2-4-6-14/h2-10,17,19H,11-13H2,1H3,(H,24,27)/t17-,19+/m1/s1. The molecule has 2 aromatic rings. The molecule has 0 unspecified atom stereocenters. The summed E-state index contributed by atoms with van der Waals surface area (Å²) in [6, 6.07) is 13.2. The maximum atomic E-state index is 12.8. The van der Waals surface area contributed by atoms with Crippen LogP contribution in [0, 0.1) is 10.1 Å². The molecule has 1 N–H and O–H groups in total. The molecule has 11 nitrogen and oxygen atoms in total. The van der Waals surface area contributed by atoms with Gasteiger partial charge in [0.1, 0.15) is 25.3 Å². The summed E-state index contributed by atoms with van der Waals surface area (Å²) in [4.78, 5) is 49.5. The van der Waals surface area contributed by atoms with Crippen molar-refractivity contribution in [3.63, 3.8) is 0 Å². The first-order valence-corrected chi connectivity index (χ1v) is 10.4. The number of benzene rings is 2. The lowest BCUT2D eigenvalue weighted by molar-refractivity contribution is -0.384. The van der Waals surface area contributed by atoms with Crippen LogP contribution in [0.5, 0.6) is 0 Å². The SMILES string of the molecule is COC1=C(C(=O)OCc2ccc([N+](=O)[O-])cc2)N2C(=O)[C@@H](NC(=O)Cc3ccccc3)[C@H]2CO1. The van der Waals surface area contributed by atoms with Crippen molar-refractivity contribution < 1.29 is 33.5 Å². The Morgan fingerprint density at radius 3 is 2.50 bits per heavy atom.